The van der Waals surface area contributed by atoms with Gasteiger partial charge in [-0.15, -0.1) is 0 Å². The Balaban J connectivity index is 4.07. The maximum Gasteiger partial charge on any atom is 0.431 e. The van der Waals surface area contributed by atoms with E-state index < -0.39 is 17.3 Å². The third-order valence-corrected chi connectivity index (χ3v) is 2.75. The van der Waals surface area contributed by atoms with Crippen LogP contribution in [0.5, 0.6) is 0 Å². The molecule has 3 N–H and O–H groups in total. The summed E-state index contributed by atoms with van der Waals surface area (Å²) in [4.78, 5) is 16.9. The van der Waals surface area contributed by atoms with Gasteiger partial charge in [-0.05, 0) is 61.4 Å². The third-order valence-electron chi connectivity index (χ3n) is 2.75. The first-order valence-electron chi connectivity index (χ1n) is 7.38. The molecule has 0 aliphatic heterocycles. The van der Waals surface area contributed by atoms with Gasteiger partial charge in [-0.25, -0.2) is 4.79 Å². The zero-order valence-electron chi connectivity index (χ0n) is 14.5. The normalized spacial score (nSPS) is 13.1. The van der Waals surface area contributed by atoms with Crippen LogP contribution in [0.15, 0.2) is 0 Å². The number of ether oxygens (including phenoxy) is 2. The summed E-state index contributed by atoms with van der Waals surface area (Å²) in [6.07, 6.45) is 0.835. The van der Waals surface area contributed by atoms with Crippen molar-refractivity contribution in [3.63, 3.8) is 0 Å². The molecule has 0 saturated heterocycles. The standard InChI is InChI=1S/C15H32N2O4/c1-13(2,3)20-12(18)17-21-15(6,7)9-11-19-14(4,5)8-10-16/h8-11,16H2,1-7H3,(H,17,18). The molecular weight excluding hydrogens is 272 g/mol. The molecule has 0 fully saturated rings. The average molecular weight is 304 g/mol. The van der Waals surface area contributed by atoms with Gasteiger partial charge in [0, 0.05) is 6.42 Å². The Hall–Kier alpha value is -0.850. The predicted octanol–water partition coefficient (Wildman–Crippen LogP) is 2.76. The summed E-state index contributed by atoms with van der Waals surface area (Å²) in [5, 5.41) is 0. The molecule has 1 amide bonds. The van der Waals surface area contributed by atoms with Crippen LogP contribution in [-0.2, 0) is 14.3 Å². The molecule has 0 atom stereocenters. The lowest BCUT2D eigenvalue weighted by atomic mass is 10.0. The van der Waals surface area contributed by atoms with Gasteiger partial charge in [0.25, 0.3) is 0 Å². The Morgan fingerprint density at radius 2 is 1.57 bits per heavy atom. The summed E-state index contributed by atoms with van der Waals surface area (Å²) in [7, 11) is 0. The van der Waals surface area contributed by atoms with Gasteiger partial charge in [-0.3, -0.25) is 4.84 Å². The quantitative estimate of drug-likeness (QED) is 0.674. The second-order valence-corrected chi connectivity index (χ2v) is 7.36. The molecule has 0 aromatic heterocycles. The minimum absolute atomic E-state index is 0.247. The highest BCUT2D eigenvalue weighted by atomic mass is 16.7. The van der Waals surface area contributed by atoms with E-state index in [2.05, 4.69) is 5.48 Å². The zero-order chi connectivity index (χ0) is 16.7. The number of carbonyl (C=O) groups is 1. The number of carbonyl (C=O) groups excluding carboxylic acids is 1. The van der Waals surface area contributed by atoms with E-state index in [4.69, 9.17) is 20.0 Å². The molecule has 0 saturated carbocycles. The van der Waals surface area contributed by atoms with Crippen LogP contribution in [-0.4, -0.2) is 36.0 Å². The van der Waals surface area contributed by atoms with E-state index in [1.807, 2.05) is 27.7 Å². The molecule has 6 nitrogen and oxygen atoms in total. The van der Waals surface area contributed by atoms with Gasteiger partial charge in [-0.1, -0.05) is 0 Å². The van der Waals surface area contributed by atoms with Crippen LogP contribution in [0.2, 0.25) is 0 Å². The first-order valence-corrected chi connectivity index (χ1v) is 7.38. The highest BCUT2D eigenvalue weighted by Crippen LogP contribution is 2.18. The van der Waals surface area contributed by atoms with Crippen LogP contribution in [0, 0.1) is 0 Å². The fourth-order valence-electron chi connectivity index (χ4n) is 1.52. The molecule has 0 radical (unpaired) electrons. The molecular formula is C15H32N2O4. The third kappa shape index (κ3) is 11.5. The second-order valence-electron chi connectivity index (χ2n) is 7.36. The van der Waals surface area contributed by atoms with Gasteiger partial charge in [0.15, 0.2) is 0 Å². The van der Waals surface area contributed by atoms with E-state index in [-0.39, 0.29) is 5.60 Å². The van der Waals surface area contributed by atoms with Crippen molar-refractivity contribution in [2.75, 3.05) is 13.2 Å². The van der Waals surface area contributed by atoms with Gasteiger partial charge in [0.1, 0.15) is 5.60 Å². The van der Waals surface area contributed by atoms with E-state index in [1.165, 1.54) is 0 Å². The molecule has 0 aliphatic rings. The first kappa shape index (κ1) is 20.1. The molecule has 0 aliphatic carbocycles. The van der Waals surface area contributed by atoms with Crippen LogP contribution < -0.4 is 11.2 Å². The number of hydroxylamine groups is 1. The van der Waals surface area contributed by atoms with Gasteiger partial charge in [0.2, 0.25) is 0 Å². The molecule has 0 aromatic carbocycles. The molecule has 0 spiro atoms. The fraction of sp³-hybridized carbons (Fsp3) is 0.933. The summed E-state index contributed by atoms with van der Waals surface area (Å²) in [6, 6.07) is 0. The molecule has 0 aromatic rings. The maximum atomic E-state index is 11.5. The van der Waals surface area contributed by atoms with Crippen molar-refractivity contribution in [3.8, 4) is 0 Å². The summed E-state index contributed by atoms with van der Waals surface area (Å²) >= 11 is 0. The van der Waals surface area contributed by atoms with Crippen LogP contribution in [0.25, 0.3) is 0 Å². The van der Waals surface area contributed by atoms with Crippen molar-refractivity contribution in [2.45, 2.75) is 78.1 Å². The zero-order valence-corrected chi connectivity index (χ0v) is 14.5. The van der Waals surface area contributed by atoms with Crippen LogP contribution in [0.1, 0.15) is 61.3 Å². The molecule has 0 rings (SSSR count). The lowest BCUT2D eigenvalue weighted by Crippen LogP contribution is -2.40. The molecule has 21 heavy (non-hydrogen) atoms. The summed E-state index contributed by atoms with van der Waals surface area (Å²) in [6.45, 7) is 14.3. The largest absolute Gasteiger partial charge is 0.442 e. The summed E-state index contributed by atoms with van der Waals surface area (Å²) in [5.74, 6) is 0. The number of rotatable bonds is 8. The minimum atomic E-state index is -0.597. The second kappa shape index (κ2) is 7.96. The summed E-state index contributed by atoms with van der Waals surface area (Å²) < 4.78 is 10.9. The number of hydrogen-bond acceptors (Lipinski definition) is 5. The van der Waals surface area contributed by atoms with Crippen LogP contribution in [0.4, 0.5) is 4.79 Å². The molecule has 126 valence electrons. The molecule has 0 bridgehead atoms. The van der Waals surface area contributed by atoms with Crippen LogP contribution >= 0.6 is 0 Å². The van der Waals surface area contributed by atoms with E-state index >= 15 is 0 Å². The van der Waals surface area contributed by atoms with Crippen molar-refractivity contribution in [2.24, 2.45) is 5.73 Å². The smallest absolute Gasteiger partial charge is 0.431 e. The Bertz CT molecular complexity index is 322. The molecule has 0 unspecified atom stereocenters. The highest BCUT2D eigenvalue weighted by molar-refractivity contribution is 5.66. The molecule has 0 heterocycles. The van der Waals surface area contributed by atoms with E-state index in [0.29, 0.717) is 19.6 Å². The van der Waals surface area contributed by atoms with Crippen molar-refractivity contribution in [1.29, 1.82) is 0 Å². The summed E-state index contributed by atoms with van der Waals surface area (Å²) in [5.41, 5.74) is 6.51. The van der Waals surface area contributed by atoms with Crippen molar-refractivity contribution in [3.05, 3.63) is 0 Å². The number of nitrogens with one attached hydrogen (secondary N) is 1. The first-order chi connectivity index (χ1) is 9.37. The Labute approximate surface area is 128 Å². The molecule has 6 heteroatoms. The van der Waals surface area contributed by atoms with Gasteiger partial charge < -0.3 is 15.2 Å². The van der Waals surface area contributed by atoms with Gasteiger partial charge >= 0.3 is 6.09 Å². The Morgan fingerprint density at radius 1 is 1.00 bits per heavy atom. The van der Waals surface area contributed by atoms with Gasteiger partial charge in [0.05, 0.1) is 17.8 Å². The van der Waals surface area contributed by atoms with Crippen molar-refractivity contribution < 1.29 is 19.1 Å². The van der Waals surface area contributed by atoms with Crippen molar-refractivity contribution in [1.82, 2.24) is 5.48 Å². The predicted molar refractivity (Wildman–Crippen MR) is 82.9 cm³/mol. The number of hydrogen-bond donors (Lipinski definition) is 2. The Morgan fingerprint density at radius 3 is 2.05 bits per heavy atom. The number of amides is 1. The minimum Gasteiger partial charge on any atom is -0.442 e. The van der Waals surface area contributed by atoms with E-state index in [1.54, 1.807) is 20.8 Å². The Kier molecular flexibility index (Phi) is 7.64. The lowest BCUT2D eigenvalue weighted by molar-refractivity contribution is -0.111. The monoisotopic (exact) mass is 304 g/mol. The topological polar surface area (TPSA) is 82.8 Å². The van der Waals surface area contributed by atoms with E-state index in [0.717, 1.165) is 6.42 Å². The maximum absolute atomic E-state index is 11.5. The highest BCUT2D eigenvalue weighted by Gasteiger charge is 2.24. The van der Waals surface area contributed by atoms with E-state index in [9.17, 15) is 4.79 Å². The fourth-order valence-corrected chi connectivity index (χ4v) is 1.52. The average Bonchev–Trinajstić information content (AvgIpc) is 2.23. The SMILES string of the molecule is CC(C)(C)OC(=O)NOC(C)(C)CCOC(C)(C)CCN. The lowest BCUT2D eigenvalue weighted by Gasteiger charge is -2.29. The van der Waals surface area contributed by atoms with Crippen LogP contribution in [0.3, 0.4) is 0 Å². The van der Waals surface area contributed by atoms with Gasteiger partial charge in [-0.2, -0.15) is 5.48 Å². The number of nitrogens with two attached hydrogens (primary N) is 1. The van der Waals surface area contributed by atoms with Crippen molar-refractivity contribution >= 4 is 6.09 Å².